The SMILES string of the molecule is NC(Cc1c[nH]c2ccccc12)C(=O)NCc1cc(C(F)(F)F)cc(C(F)(F)F)c1. The van der Waals surface area contributed by atoms with Crippen LogP contribution in [0.15, 0.2) is 48.7 Å². The van der Waals surface area contributed by atoms with E-state index in [-0.39, 0.29) is 18.1 Å². The molecule has 1 amide bonds. The number of aromatic amines is 1. The molecule has 4 nitrogen and oxygen atoms in total. The van der Waals surface area contributed by atoms with Gasteiger partial charge in [0.15, 0.2) is 0 Å². The van der Waals surface area contributed by atoms with Crippen LogP contribution in [0.2, 0.25) is 0 Å². The van der Waals surface area contributed by atoms with Crippen LogP contribution in [-0.4, -0.2) is 16.9 Å². The Morgan fingerprint density at radius 2 is 1.60 bits per heavy atom. The van der Waals surface area contributed by atoms with Gasteiger partial charge in [-0.25, -0.2) is 0 Å². The average Bonchev–Trinajstić information content (AvgIpc) is 3.07. The summed E-state index contributed by atoms with van der Waals surface area (Å²) in [6.07, 6.45) is -8.07. The first-order valence-corrected chi connectivity index (χ1v) is 8.82. The van der Waals surface area contributed by atoms with E-state index < -0.39 is 42.0 Å². The lowest BCUT2D eigenvalue weighted by Crippen LogP contribution is -2.41. The van der Waals surface area contributed by atoms with E-state index in [0.29, 0.717) is 12.1 Å². The Labute approximate surface area is 167 Å². The summed E-state index contributed by atoms with van der Waals surface area (Å²) in [5, 5.41) is 3.18. The van der Waals surface area contributed by atoms with Crippen molar-refractivity contribution in [3.63, 3.8) is 0 Å². The summed E-state index contributed by atoms with van der Waals surface area (Å²) in [6, 6.07) is 7.48. The molecule has 0 bridgehead atoms. The summed E-state index contributed by atoms with van der Waals surface area (Å²) < 4.78 is 77.5. The fraction of sp³-hybridized carbons (Fsp3) is 0.250. The highest BCUT2D eigenvalue weighted by Crippen LogP contribution is 2.36. The van der Waals surface area contributed by atoms with Crippen LogP contribution in [0.1, 0.15) is 22.3 Å². The molecule has 1 atom stereocenters. The quantitative estimate of drug-likeness (QED) is 0.527. The van der Waals surface area contributed by atoms with E-state index in [4.69, 9.17) is 5.73 Å². The second kappa shape index (κ2) is 8.02. The summed E-state index contributed by atoms with van der Waals surface area (Å²) in [6.45, 7) is -0.520. The van der Waals surface area contributed by atoms with Gasteiger partial charge in [0.05, 0.1) is 17.2 Å². The van der Waals surface area contributed by atoms with Crippen molar-refractivity contribution in [2.75, 3.05) is 0 Å². The second-order valence-electron chi connectivity index (χ2n) is 6.80. The number of H-pyrrole nitrogens is 1. The number of carbonyl (C=O) groups is 1. The molecule has 3 aromatic rings. The number of nitrogens with one attached hydrogen (secondary N) is 2. The molecule has 0 spiro atoms. The molecule has 3 rings (SSSR count). The third-order valence-electron chi connectivity index (χ3n) is 4.57. The maximum Gasteiger partial charge on any atom is 0.416 e. The second-order valence-corrected chi connectivity index (χ2v) is 6.80. The summed E-state index contributed by atoms with van der Waals surface area (Å²) in [7, 11) is 0. The maximum atomic E-state index is 12.9. The molecule has 0 aliphatic heterocycles. The third-order valence-corrected chi connectivity index (χ3v) is 4.57. The Bertz CT molecular complexity index is 1020. The highest BCUT2D eigenvalue weighted by molar-refractivity contribution is 5.86. The van der Waals surface area contributed by atoms with Gasteiger partial charge in [0.25, 0.3) is 0 Å². The molecule has 160 valence electrons. The van der Waals surface area contributed by atoms with Crippen LogP contribution in [0.5, 0.6) is 0 Å². The Hall–Kier alpha value is -3.01. The lowest BCUT2D eigenvalue weighted by atomic mass is 10.0. The summed E-state index contributed by atoms with van der Waals surface area (Å²) >= 11 is 0. The van der Waals surface area contributed by atoms with Crippen LogP contribution < -0.4 is 11.1 Å². The van der Waals surface area contributed by atoms with Crippen LogP contribution in [0.4, 0.5) is 26.3 Å². The third kappa shape index (κ3) is 4.93. The molecule has 4 N–H and O–H groups in total. The Morgan fingerprint density at radius 1 is 1.00 bits per heavy atom. The van der Waals surface area contributed by atoms with Gasteiger partial charge >= 0.3 is 12.4 Å². The van der Waals surface area contributed by atoms with E-state index >= 15 is 0 Å². The van der Waals surface area contributed by atoms with Gasteiger partial charge in [-0.3, -0.25) is 4.79 Å². The molecule has 1 unspecified atom stereocenters. The zero-order valence-electron chi connectivity index (χ0n) is 15.4. The van der Waals surface area contributed by atoms with Crippen molar-refractivity contribution in [2.45, 2.75) is 31.4 Å². The number of aromatic nitrogens is 1. The van der Waals surface area contributed by atoms with E-state index in [1.807, 2.05) is 24.3 Å². The molecular weight excluding hydrogens is 412 g/mol. The first kappa shape index (κ1) is 21.7. The average molecular weight is 429 g/mol. The van der Waals surface area contributed by atoms with Gasteiger partial charge in [0.2, 0.25) is 5.91 Å². The van der Waals surface area contributed by atoms with E-state index in [0.717, 1.165) is 16.5 Å². The standard InChI is InChI=1S/C20H17F6N3O/c21-19(22,23)13-5-11(6-14(8-13)20(24,25)26)9-29-18(30)16(27)7-12-10-28-17-4-2-1-3-15(12)17/h1-6,8,10,16,28H,7,9,27H2,(H,29,30). The monoisotopic (exact) mass is 429 g/mol. The van der Waals surface area contributed by atoms with Crippen LogP contribution in [0, 0.1) is 0 Å². The van der Waals surface area contributed by atoms with Crippen molar-refractivity contribution in [1.82, 2.24) is 10.3 Å². The highest BCUT2D eigenvalue weighted by Gasteiger charge is 2.36. The van der Waals surface area contributed by atoms with Crippen LogP contribution >= 0.6 is 0 Å². The van der Waals surface area contributed by atoms with Crippen molar-refractivity contribution in [3.8, 4) is 0 Å². The molecule has 1 heterocycles. The number of amides is 1. The fourth-order valence-electron chi connectivity index (χ4n) is 3.07. The maximum absolute atomic E-state index is 12.9. The molecule has 0 radical (unpaired) electrons. The fourth-order valence-corrected chi connectivity index (χ4v) is 3.07. The Balaban J connectivity index is 1.71. The smallest absolute Gasteiger partial charge is 0.361 e. The minimum absolute atomic E-state index is 0.0358. The molecule has 10 heteroatoms. The first-order valence-electron chi connectivity index (χ1n) is 8.82. The van der Waals surface area contributed by atoms with Crippen molar-refractivity contribution in [2.24, 2.45) is 5.73 Å². The zero-order valence-corrected chi connectivity index (χ0v) is 15.4. The number of para-hydroxylation sites is 1. The minimum Gasteiger partial charge on any atom is -0.361 e. The van der Waals surface area contributed by atoms with Gasteiger partial charge < -0.3 is 16.0 Å². The first-order chi connectivity index (χ1) is 13.9. The predicted molar refractivity (Wildman–Crippen MR) is 98.3 cm³/mol. The summed E-state index contributed by atoms with van der Waals surface area (Å²) in [5.41, 5.74) is 4.29. The lowest BCUT2D eigenvalue weighted by Gasteiger charge is -2.16. The number of hydrogen-bond acceptors (Lipinski definition) is 2. The Kier molecular flexibility index (Phi) is 5.80. The van der Waals surface area contributed by atoms with E-state index in [9.17, 15) is 31.1 Å². The Morgan fingerprint density at radius 3 is 2.20 bits per heavy atom. The molecule has 0 fully saturated rings. The topological polar surface area (TPSA) is 70.9 Å². The van der Waals surface area contributed by atoms with E-state index in [2.05, 4.69) is 10.3 Å². The molecule has 2 aromatic carbocycles. The van der Waals surface area contributed by atoms with Gasteiger partial charge in [-0.1, -0.05) is 18.2 Å². The summed E-state index contributed by atoms with van der Waals surface area (Å²) in [5.74, 6) is -0.689. The molecule has 1 aromatic heterocycles. The highest BCUT2D eigenvalue weighted by atomic mass is 19.4. The summed E-state index contributed by atoms with van der Waals surface area (Å²) in [4.78, 5) is 15.3. The molecule has 0 saturated carbocycles. The zero-order chi connectivity index (χ0) is 22.1. The van der Waals surface area contributed by atoms with E-state index in [1.54, 1.807) is 6.20 Å². The number of fused-ring (bicyclic) bond motifs is 1. The number of hydrogen-bond donors (Lipinski definition) is 3. The van der Waals surface area contributed by atoms with Gasteiger partial charge in [-0.2, -0.15) is 26.3 Å². The van der Waals surface area contributed by atoms with E-state index in [1.165, 1.54) is 0 Å². The van der Waals surface area contributed by atoms with Gasteiger partial charge in [0, 0.05) is 23.6 Å². The largest absolute Gasteiger partial charge is 0.416 e. The number of nitrogens with two attached hydrogens (primary N) is 1. The minimum atomic E-state index is -4.95. The number of carbonyl (C=O) groups excluding carboxylic acids is 1. The van der Waals surface area contributed by atoms with Gasteiger partial charge in [-0.05, 0) is 41.8 Å². The number of benzene rings is 2. The predicted octanol–water partition coefficient (Wildman–Crippen LogP) is 4.39. The molecule has 0 aliphatic carbocycles. The van der Waals surface area contributed by atoms with Crippen LogP contribution in [-0.2, 0) is 30.1 Å². The normalized spacial score (nSPS) is 13.4. The molecular formula is C20H17F6N3O. The van der Waals surface area contributed by atoms with Gasteiger partial charge in [0.1, 0.15) is 0 Å². The molecule has 0 aliphatic rings. The number of rotatable bonds is 5. The van der Waals surface area contributed by atoms with Crippen molar-refractivity contribution >= 4 is 16.8 Å². The number of alkyl halides is 6. The number of halogens is 6. The molecule has 30 heavy (non-hydrogen) atoms. The molecule has 0 saturated heterocycles. The van der Waals surface area contributed by atoms with Gasteiger partial charge in [-0.15, -0.1) is 0 Å². The lowest BCUT2D eigenvalue weighted by molar-refractivity contribution is -0.143. The van der Waals surface area contributed by atoms with Crippen molar-refractivity contribution in [3.05, 3.63) is 70.9 Å². The van der Waals surface area contributed by atoms with Crippen LogP contribution in [0.25, 0.3) is 10.9 Å². The van der Waals surface area contributed by atoms with Crippen molar-refractivity contribution < 1.29 is 31.1 Å². The van der Waals surface area contributed by atoms with Crippen molar-refractivity contribution in [1.29, 1.82) is 0 Å². The van der Waals surface area contributed by atoms with Crippen LogP contribution in [0.3, 0.4) is 0 Å².